The third kappa shape index (κ3) is 6.45. The summed E-state index contributed by atoms with van der Waals surface area (Å²) >= 11 is 0. The lowest BCUT2D eigenvalue weighted by Crippen LogP contribution is -2.46. The van der Waals surface area contributed by atoms with Gasteiger partial charge in [-0.1, -0.05) is 0 Å². The molecule has 2 rings (SSSR count). The first kappa shape index (κ1) is 21.6. The van der Waals surface area contributed by atoms with Gasteiger partial charge in [-0.25, -0.2) is 4.79 Å². The Kier molecular flexibility index (Phi) is 7.06. The first-order chi connectivity index (χ1) is 13.8. The van der Waals surface area contributed by atoms with Crippen molar-refractivity contribution >= 4 is 17.5 Å². The van der Waals surface area contributed by atoms with Gasteiger partial charge in [0.25, 0.3) is 0 Å². The van der Waals surface area contributed by atoms with E-state index in [4.69, 9.17) is 20.5 Å². The maximum absolute atomic E-state index is 12.3. The van der Waals surface area contributed by atoms with Gasteiger partial charge in [0.15, 0.2) is 5.57 Å². The number of carbonyl (C=O) groups is 1. The molecule has 1 atom stereocenters. The lowest BCUT2D eigenvalue weighted by atomic mass is 10.1. The molecule has 150 valence electrons. The van der Waals surface area contributed by atoms with Crippen LogP contribution in [0.3, 0.4) is 0 Å². The van der Waals surface area contributed by atoms with Crippen molar-refractivity contribution in [3.05, 3.63) is 35.5 Å². The van der Waals surface area contributed by atoms with E-state index in [0.717, 1.165) is 18.5 Å². The van der Waals surface area contributed by atoms with Crippen molar-refractivity contribution in [3.63, 3.8) is 0 Å². The summed E-state index contributed by atoms with van der Waals surface area (Å²) < 4.78 is 5.45. The van der Waals surface area contributed by atoms with Gasteiger partial charge in [0.2, 0.25) is 0 Å². The van der Waals surface area contributed by atoms with E-state index in [1.54, 1.807) is 29.2 Å². The van der Waals surface area contributed by atoms with Crippen molar-refractivity contribution in [2.75, 3.05) is 23.7 Å². The highest BCUT2D eigenvalue weighted by Gasteiger charge is 2.27. The Labute approximate surface area is 171 Å². The molecule has 1 aliphatic heterocycles. The van der Waals surface area contributed by atoms with Crippen molar-refractivity contribution < 1.29 is 9.53 Å². The maximum Gasteiger partial charge on any atom is 0.410 e. The number of nitrogens with one attached hydrogen (secondary N) is 2. The molecule has 0 aromatic heterocycles. The van der Waals surface area contributed by atoms with Crippen LogP contribution in [0.15, 0.2) is 35.5 Å². The zero-order chi connectivity index (χ0) is 21.4. The van der Waals surface area contributed by atoms with Gasteiger partial charge in [-0.05, 0) is 57.9 Å². The van der Waals surface area contributed by atoms with Gasteiger partial charge in [-0.15, -0.1) is 0 Å². The molecule has 0 saturated carbocycles. The van der Waals surface area contributed by atoms with E-state index < -0.39 is 5.60 Å². The second-order valence-corrected chi connectivity index (χ2v) is 7.70. The Morgan fingerprint density at radius 3 is 2.28 bits per heavy atom. The third-order valence-electron chi connectivity index (χ3n) is 4.18. The summed E-state index contributed by atoms with van der Waals surface area (Å²) in [7, 11) is 0. The monoisotopic (exact) mass is 392 g/mol. The van der Waals surface area contributed by atoms with E-state index in [1.807, 2.05) is 39.0 Å². The van der Waals surface area contributed by atoms with E-state index >= 15 is 0 Å². The number of nitriles is 3. The van der Waals surface area contributed by atoms with Crippen molar-refractivity contribution in [1.29, 1.82) is 15.8 Å². The van der Waals surface area contributed by atoms with Crippen LogP contribution >= 0.6 is 0 Å². The van der Waals surface area contributed by atoms with Crippen LogP contribution < -0.4 is 10.6 Å². The molecular weight excluding hydrogens is 368 g/mol. The van der Waals surface area contributed by atoms with Crippen LogP contribution in [0.2, 0.25) is 0 Å². The van der Waals surface area contributed by atoms with Crippen LogP contribution in [0.4, 0.5) is 16.2 Å². The van der Waals surface area contributed by atoms with Crippen molar-refractivity contribution in [2.45, 2.75) is 45.3 Å². The van der Waals surface area contributed by atoms with E-state index in [-0.39, 0.29) is 23.4 Å². The molecule has 8 heteroatoms. The summed E-state index contributed by atoms with van der Waals surface area (Å²) in [5.41, 5.74) is 0.590. The minimum Gasteiger partial charge on any atom is -0.444 e. The van der Waals surface area contributed by atoms with Crippen LogP contribution in [0.5, 0.6) is 0 Å². The lowest BCUT2D eigenvalue weighted by Gasteiger charge is -2.34. The zero-order valence-electron chi connectivity index (χ0n) is 16.8. The molecule has 1 aromatic rings. The molecule has 2 N–H and O–H groups in total. The van der Waals surface area contributed by atoms with Gasteiger partial charge in [-0.3, -0.25) is 0 Å². The maximum atomic E-state index is 12.3. The minimum atomic E-state index is -0.520. The van der Waals surface area contributed by atoms with Crippen LogP contribution in [0.1, 0.15) is 33.6 Å². The smallest absolute Gasteiger partial charge is 0.410 e. The van der Waals surface area contributed by atoms with E-state index in [1.165, 1.54) is 0 Å². The molecule has 1 heterocycles. The molecule has 0 bridgehead atoms. The number of hydrogen-bond donors (Lipinski definition) is 2. The molecule has 1 amide bonds. The molecule has 0 aliphatic carbocycles. The quantitative estimate of drug-likeness (QED) is 0.748. The largest absolute Gasteiger partial charge is 0.444 e. The highest BCUT2D eigenvalue weighted by molar-refractivity contribution is 5.68. The third-order valence-corrected chi connectivity index (χ3v) is 4.18. The van der Waals surface area contributed by atoms with Gasteiger partial charge in [0.05, 0.1) is 0 Å². The molecular formula is C21H24N6O2. The number of nitrogens with zero attached hydrogens (tertiary/aromatic N) is 4. The summed E-state index contributed by atoms with van der Waals surface area (Å²) in [6.07, 6.45) is 1.52. The fraction of sp³-hybridized carbons (Fsp3) is 0.429. The van der Waals surface area contributed by atoms with Crippen LogP contribution in [0, 0.1) is 34.0 Å². The molecule has 0 spiro atoms. The molecule has 1 fully saturated rings. The number of anilines is 2. The van der Waals surface area contributed by atoms with E-state index in [9.17, 15) is 4.79 Å². The topological polar surface area (TPSA) is 125 Å². The second kappa shape index (κ2) is 9.48. The van der Waals surface area contributed by atoms with Gasteiger partial charge in [-0.2, -0.15) is 15.8 Å². The van der Waals surface area contributed by atoms with Gasteiger partial charge in [0, 0.05) is 30.5 Å². The Morgan fingerprint density at radius 2 is 1.72 bits per heavy atom. The van der Waals surface area contributed by atoms with Gasteiger partial charge < -0.3 is 20.3 Å². The van der Waals surface area contributed by atoms with Crippen LogP contribution in [-0.4, -0.2) is 35.7 Å². The molecule has 1 unspecified atom stereocenters. The van der Waals surface area contributed by atoms with Gasteiger partial charge >= 0.3 is 6.09 Å². The van der Waals surface area contributed by atoms with E-state index in [0.29, 0.717) is 18.8 Å². The fourth-order valence-electron chi connectivity index (χ4n) is 2.90. The number of rotatable bonds is 4. The first-order valence-electron chi connectivity index (χ1n) is 9.32. The van der Waals surface area contributed by atoms with E-state index in [2.05, 4.69) is 10.6 Å². The molecule has 0 radical (unpaired) electrons. The molecule has 29 heavy (non-hydrogen) atoms. The average molecular weight is 392 g/mol. The number of benzene rings is 1. The van der Waals surface area contributed by atoms with Gasteiger partial charge in [0.1, 0.15) is 29.5 Å². The number of amides is 1. The first-order valence-corrected chi connectivity index (χ1v) is 9.32. The molecule has 1 aliphatic rings. The summed E-state index contributed by atoms with van der Waals surface area (Å²) in [4.78, 5) is 14.0. The predicted molar refractivity (Wildman–Crippen MR) is 108 cm³/mol. The Hall–Kier alpha value is -3.70. The summed E-state index contributed by atoms with van der Waals surface area (Å²) in [6, 6.07) is 12.5. The predicted octanol–water partition coefficient (Wildman–Crippen LogP) is 3.73. The summed E-state index contributed by atoms with van der Waals surface area (Å²) in [5.74, 6) is 0. The second-order valence-electron chi connectivity index (χ2n) is 7.70. The fourth-order valence-corrected chi connectivity index (χ4v) is 2.90. The highest BCUT2D eigenvalue weighted by Crippen LogP contribution is 2.21. The highest BCUT2D eigenvalue weighted by atomic mass is 16.6. The number of allylic oxidation sites excluding steroid dienone is 2. The molecule has 1 aromatic carbocycles. The number of carbonyl (C=O) groups excluding carboxylic acids is 1. The van der Waals surface area contributed by atoms with Crippen molar-refractivity contribution in [2.24, 2.45) is 0 Å². The minimum absolute atomic E-state index is 0.0870. The normalized spacial score (nSPS) is 15.9. The summed E-state index contributed by atoms with van der Waals surface area (Å²) in [5, 5.41) is 33.1. The number of piperidine rings is 1. The SMILES string of the molecule is CC(C)(C)OC(=O)N1CCCC(Nc2ccc(NC(C#N)=C(C#N)C#N)cc2)C1. The Bertz CT molecular complexity index is 878. The van der Waals surface area contributed by atoms with Crippen molar-refractivity contribution in [3.8, 4) is 18.2 Å². The molecule has 8 nitrogen and oxygen atoms in total. The Balaban J connectivity index is 1.99. The number of ether oxygens (including phenoxy) is 1. The standard InChI is InChI=1S/C21H24N6O2/c1-21(2,3)29-20(28)27-10-4-5-18(14-27)25-16-6-8-17(9-7-16)26-19(13-24)15(11-22)12-23/h6-9,18,25-26H,4-5,10,14H2,1-3H3. The van der Waals surface area contributed by atoms with Crippen LogP contribution in [-0.2, 0) is 4.74 Å². The molecule has 1 saturated heterocycles. The lowest BCUT2D eigenvalue weighted by molar-refractivity contribution is 0.0206. The summed E-state index contributed by atoms with van der Waals surface area (Å²) in [6.45, 7) is 6.79. The number of hydrogen-bond acceptors (Lipinski definition) is 7. The number of likely N-dealkylation sites (tertiary alicyclic amines) is 1. The average Bonchev–Trinajstić information content (AvgIpc) is 2.68. The van der Waals surface area contributed by atoms with Crippen molar-refractivity contribution in [1.82, 2.24) is 4.90 Å². The Morgan fingerprint density at radius 1 is 1.10 bits per heavy atom. The van der Waals surface area contributed by atoms with Crippen LogP contribution in [0.25, 0.3) is 0 Å². The zero-order valence-corrected chi connectivity index (χ0v) is 16.8.